The van der Waals surface area contributed by atoms with Gasteiger partial charge in [0.2, 0.25) is 0 Å². The number of aromatic carboxylic acids is 1. The fraction of sp³-hybridized carbons (Fsp3) is 0.533. The second-order valence-electron chi connectivity index (χ2n) is 5.71. The minimum Gasteiger partial charge on any atom is -0.478 e. The Morgan fingerprint density at radius 2 is 1.90 bits per heavy atom. The van der Waals surface area contributed by atoms with Crippen molar-refractivity contribution in [3.8, 4) is 0 Å². The molecule has 0 spiro atoms. The quantitative estimate of drug-likeness (QED) is 0.832. The van der Waals surface area contributed by atoms with Crippen LogP contribution in [0, 0.1) is 5.92 Å². The van der Waals surface area contributed by atoms with Crippen molar-refractivity contribution >= 4 is 15.8 Å². The summed E-state index contributed by atoms with van der Waals surface area (Å²) in [5.41, 5.74) is 0.0936. The second-order valence-corrected chi connectivity index (χ2v) is 7.82. The van der Waals surface area contributed by atoms with Crippen LogP contribution in [-0.4, -0.2) is 50.3 Å². The summed E-state index contributed by atoms with van der Waals surface area (Å²) in [7, 11) is -1.41. The molecule has 116 valence electrons. The zero-order valence-electron chi connectivity index (χ0n) is 12.2. The van der Waals surface area contributed by atoms with Crippen molar-refractivity contribution in [2.75, 3.05) is 25.9 Å². The smallest absolute Gasteiger partial charge is 0.335 e. The molecule has 6 heteroatoms. The summed E-state index contributed by atoms with van der Waals surface area (Å²) < 4.78 is 24.4. The first kappa shape index (κ1) is 16.0. The predicted octanol–water partition coefficient (Wildman–Crippen LogP) is 1.89. The number of hydrogen-bond donors (Lipinski definition) is 1. The van der Waals surface area contributed by atoms with E-state index in [1.54, 1.807) is 0 Å². The van der Waals surface area contributed by atoms with E-state index in [4.69, 9.17) is 5.11 Å². The molecule has 1 aromatic carbocycles. The molecule has 0 bridgehead atoms. The van der Waals surface area contributed by atoms with Gasteiger partial charge >= 0.3 is 5.97 Å². The van der Waals surface area contributed by atoms with Gasteiger partial charge in [0.25, 0.3) is 0 Å². The Labute approximate surface area is 125 Å². The molecule has 1 saturated carbocycles. The number of benzene rings is 1. The zero-order valence-corrected chi connectivity index (χ0v) is 13.0. The lowest BCUT2D eigenvalue weighted by Crippen LogP contribution is -2.33. The average molecular weight is 311 g/mol. The van der Waals surface area contributed by atoms with Gasteiger partial charge < -0.3 is 10.0 Å². The van der Waals surface area contributed by atoms with Crippen LogP contribution < -0.4 is 0 Å². The number of hydrogen-bond acceptors (Lipinski definition) is 4. The van der Waals surface area contributed by atoms with Crippen LogP contribution in [0.5, 0.6) is 0 Å². The van der Waals surface area contributed by atoms with Crippen LogP contribution >= 0.6 is 0 Å². The highest BCUT2D eigenvalue weighted by Crippen LogP contribution is 2.26. The number of rotatable bonds is 7. The number of carbonyl (C=O) groups is 1. The van der Waals surface area contributed by atoms with Crippen LogP contribution in [0.2, 0.25) is 0 Å². The summed E-state index contributed by atoms with van der Waals surface area (Å²) in [6.07, 6.45) is 3.77. The third-order valence-corrected chi connectivity index (χ3v) is 5.71. The van der Waals surface area contributed by atoms with E-state index in [2.05, 4.69) is 4.90 Å². The number of sulfone groups is 1. The molecule has 0 atom stereocenters. The van der Waals surface area contributed by atoms with Crippen molar-refractivity contribution in [3.05, 3.63) is 29.8 Å². The van der Waals surface area contributed by atoms with E-state index in [9.17, 15) is 13.2 Å². The molecular formula is C15H21NO4S. The summed E-state index contributed by atoms with van der Waals surface area (Å²) in [6, 6.07) is 5.38. The van der Waals surface area contributed by atoms with Gasteiger partial charge in [-0.1, -0.05) is 6.42 Å². The summed E-state index contributed by atoms with van der Waals surface area (Å²) in [6.45, 7) is 1.45. The number of carboxylic acids is 1. The Morgan fingerprint density at radius 3 is 2.38 bits per heavy atom. The van der Waals surface area contributed by atoms with Gasteiger partial charge in [-0.3, -0.25) is 0 Å². The largest absolute Gasteiger partial charge is 0.478 e. The molecule has 1 fully saturated rings. The van der Waals surface area contributed by atoms with Crippen molar-refractivity contribution in [2.24, 2.45) is 5.92 Å². The van der Waals surface area contributed by atoms with E-state index < -0.39 is 15.8 Å². The van der Waals surface area contributed by atoms with Crippen molar-refractivity contribution in [3.63, 3.8) is 0 Å². The molecule has 0 unspecified atom stereocenters. The summed E-state index contributed by atoms with van der Waals surface area (Å²) in [5, 5.41) is 8.81. The fourth-order valence-corrected chi connectivity index (χ4v) is 3.74. The predicted molar refractivity (Wildman–Crippen MR) is 80.3 cm³/mol. The molecule has 1 N–H and O–H groups in total. The lowest BCUT2D eigenvalue weighted by Gasteiger charge is -2.30. The highest BCUT2D eigenvalue weighted by atomic mass is 32.2. The SMILES string of the molecule is CN(CCS(=O)(=O)c1ccc(C(=O)O)cc1)CC1CCC1. The van der Waals surface area contributed by atoms with Gasteiger partial charge in [0.15, 0.2) is 9.84 Å². The maximum Gasteiger partial charge on any atom is 0.335 e. The summed E-state index contributed by atoms with van der Waals surface area (Å²) in [4.78, 5) is 13.0. The minimum atomic E-state index is -3.36. The maximum atomic E-state index is 12.2. The van der Waals surface area contributed by atoms with Gasteiger partial charge in [-0.2, -0.15) is 0 Å². The first-order valence-electron chi connectivity index (χ1n) is 7.13. The normalized spacial score (nSPS) is 15.9. The van der Waals surface area contributed by atoms with Crippen molar-refractivity contribution in [2.45, 2.75) is 24.2 Å². The lowest BCUT2D eigenvalue weighted by atomic mass is 9.85. The fourth-order valence-electron chi connectivity index (χ4n) is 2.41. The Hall–Kier alpha value is -1.40. The standard InChI is InChI=1S/C15H21NO4S/c1-16(11-12-3-2-4-12)9-10-21(19,20)14-7-5-13(6-8-14)15(17)18/h5-8,12H,2-4,9-11H2,1H3,(H,17,18). The number of nitrogens with zero attached hydrogens (tertiary/aromatic N) is 1. The van der Waals surface area contributed by atoms with Crippen LogP contribution in [0.1, 0.15) is 29.6 Å². The lowest BCUT2D eigenvalue weighted by molar-refractivity contribution is 0.0696. The molecule has 1 aliphatic rings. The highest BCUT2D eigenvalue weighted by molar-refractivity contribution is 7.91. The Balaban J connectivity index is 1.92. The van der Waals surface area contributed by atoms with Gasteiger partial charge in [-0.25, -0.2) is 13.2 Å². The van der Waals surface area contributed by atoms with Gasteiger partial charge in [-0.15, -0.1) is 0 Å². The summed E-state index contributed by atoms with van der Waals surface area (Å²) in [5.74, 6) is -0.283. The maximum absolute atomic E-state index is 12.2. The first-order chi connectivity index (χ1) is 9.88. The first-order valence-corrected chi connectivity index (χ1v) is 8.78. The van der Waals surface area contributed by atoms with E-state index in [1.165, 1.54) is 43.5 Å². The molecule has 21 heavy (non-hydrogen) atoms. The van der Waals surface area contributed by atoms with Crippen LogP contribution in [-0.2, 0) is 9.84 Å². The molecule has 2 rings (SSSR count). The van der Waals surface area contributed by atoms with Gasteiger partial charge in [-0.05, 0) is 50.1 Å². The minimum absolute atomic E-state index is 0.0582. The van der Waals surface area contributed by atoms with E-state index in [1.807, 2.05) is 7.05 Å². The van der Waals surface area contributed by atoms with E-state index in [-0.39, 0.29) is 16.2 Å². The van der Waals surface area contributed by atoms with Crippen LogP contribution in [0.25, 0.3) is 0 Å². The zero-order chi connectivity index (χ0) is 15.5. The van der Waals surface area contributed by atoms with Gasteiger partial charge in [0, 0.05) is 13.1 Å². The molecule has 0 heterocycles. The molecule has 0 aromatic heterocycles. The van der Waals surface area contributed by atoms with Crippen LogP contribution in [0.3, 0.4) is 0 Å². The van der Waals surface area contributed by atoms with Crippen LogP contribution in [0.4, 0.5) is 0 Å². The Kier molecular flexibility index (Phi) is 5.00. The summed E-state index contributed by atoms with van der Waals surface area (Å²) >= 11 is 0. The molecule has 0 saturated heterocycles. The molecule has 0 radical (unpaired) electrons. The highest BCUT2D eigenvalue weighted by Gasteiger charge is 2.21. The molecule has 5 nitrogen and oxygen atoms in total. The second kappa shape index (κ2) is 6.58. The molecule has 0 amide bonds. The third-order valence-electron chi connectivity index (χ3n) is 4.00. The van der Waals surface area contributed by atoms with Crippen molar-refractivity contribution in [1.29, 1.82) is 0 Å². The molecular weight excluding hydrogens is 290 g/mol. The molecule has 1 aliphatic carbocycles. The van der Waals surface area contributed by atoms with Crippen molar-refractivity contribution in [1.82, 2.24) is 4.90 Å². The average Bonchev–Trinajstić information content (AvgIpc) is 2.41. The molecule has 1 aromatic rings. The monoisotopic (exact) mass is 311 g/mol. The van der Waals surface area contributed by atoms with E-state index in [0.717, 1.165) is 6.54 Å². The molecule has 0 aliphatic heterocycles. The third kappa shape index (κ3) is 4.28. The number of carboxylic acid groups (broad SMARTS) is 1. The van der Waals surface area contributed by atoms with Crippen molar-refractivity contribution < 1.29 is 18.3 Å². The Bertz CT molecular complexity index is 591. The van der Waals surface area contributed by atoms with Crippen LogP contribution in [0.15, 0.2) is 29.2 Å². The van der Waals surface area contributed by atoms with Gasteiger partial charge in [0.1, 0.15) is 0 Å². The Morgan fingerprint density at radius 1 is 1.29 bits per heavy atom. The topological polar surface area (TPSA) is 74.7 Å². The van der Waals surface area contributed by atoms with E-state index in [0.29, 0.717) is 12.5 Å². The van der Waals surface area contributed by atoms with Gasteiger partial charge in [0.05, 0.1) is 16.2 Å². The van der Waals surface area contributed by atoms with E-state index >= 15 is 0 Å².